The van der Waals surface area contributed by atoms with Crippen molar-refractivity contribution in [3.8, 4) is 0 Å². The average Bonchev–Trinajstić information content (AvgIpc) is 2.54. The van der Waals surface area contributed by atoms with E-state index < -0.39 is 0 Å². The van der Waals surface area contributed by atoms with Gasteiger partial charge in [-0.1, -0.05) is 11.6 Å². The summed E-state index contributed by atoms with van der Waals surface area (Å²) in [5.41, 5.74) is 3.43. The minimum atomic E-state index is 0.751. The highest BCUT2D eigenvalue weighted by molar-refractivity contribution is 6.31. The van der Waals surface area contributed by atoms with E-state index in [2.05, 4.69) is 29.7 Å². The zero-order valence-electron chi connectivity index (χ0n) is 9.16. The highest BCUT2D eigenvalue weighted by Crippen LogP contribution is 2.28. The van der Waals surface area contributed by atoms with Crippen molar-refractivity contribution in [2.45, 2.75) is 6.92 Å². The number of aryl methyl sites for hydroxylation is 2. The first-order chi connectivity index (χ1) is 7.66. The van der Waals surface area contributed by atoms with E-state index in [0.29, 0.717) is 0 Å². The summed E-state index contributed by atoms with van der Waals surface area (Å²) in [6.07, 6.45) is 4.05. The van der Waals surface area contributed by atoms with Crippen molar-refractivity contribution in [1.29, 1.82) is 0 Å². The molecule has 0 saturated carbocycles. The van der Waals surface area contributed by atoms with Gasteiger partial charge in [0.05, 0.1) is 11.0 Å². The molecule has 3 heteroatoms. The Kier molecular flexibility index (Phi) is 1.95. The molecule has 0 fully saturated rings. The number of nitrogens with zero attached hydrogens (tertiary/aromatic N) is 2. The first-order valence-corrected chi connectivity index (χ1v) is 5.54. The van der Waals surface area contributed by atoms with Crippen LogP contribution in [0.5, 0.6) is 0 Å². The SMILES string of the molecule is Cc1cn(C)c2c1cnc1ccc(Cl)cc12. The third-order valence-electron chi connectivity index (χ3n) is 2.97. The highest BCUT2D eigenvalue weighted by Gasteiger charge is 2.08. The van der Waals surface area contributed by atoms with Crippen LogP contribution in [0.2, 0.25) is 5.02 Å². The number of hydrogen-bond acceptors (Lipinski definition) is 1. The number of pyridine rings is 1. The van der Waals surface area contributed by atoms with Crippen LogP contribution in [0, 0.1) is 6.92 Å². The standard InChI is InChI=1S/C13H11ClN2/c1-8-7-16(2)13-10-5-9(14)3-4-12(10)15-6-11(8)13/h3-7H,1-2H3. The lowest BCUT2D eigenvalue weighted by Crippen LogP contribution is -1.87. The number of rotatable bonds is 0. The van der Waals surface area contributed by atoms with Crippen LogP contribution < -0.4 is 0 Å². The summed E-state index contributed by atoms with van der Waals surface area (Å²) in [6.45, 7) is 2.10. The molecule has 2 aromatic heterocycles. The summed E-state index contributed by atoms with van der Waals surface area (Å²) in [6, 6.07) is 5.81. The molecule has 0 aliphatic rings. The Morgan fingerprint density at radius 2 is 2.06 bits per heavy atom. The molecule has 0 aliphatic heterocycles. The van der Waals surface area contributed by atoms with Crippen molar-refractivity contribution in [2.24, 2.45) is 7.05 Å². The molecule has 0 aliphatic carbocycles. The molecule has 0 unspecified atom stereocenters. The molecule has 0 bridgehead atoms. The Morgan fingerprint density at radius 1 is 1.25 bits per heavy atom. The molecular weight excluding hydrogens is 220 g/mol. The van der Waals surface area contributed by atoms with Crippen LogP contribution in [0.1, 0.15) is 5.56 Å². The summed E-state index contributed by atoms with van der Waals surface area (Å²) in [5.74, 6) is 0. The van der Waals surface area contributed by atoms with Crippen LogP contribution in [0.3, 0.4) is 0 Å². The molecule has 0 saturated heterocycles. The van der Waals surface area contributed by atoms with E-state index >= 15 is 0 Å². The fraction of sp³-hybridized carbons (Fsp3) is 0.154. The fourth-order valence-corrected chi connectivity index (χ4v) is 2.42. The second-order valence-electron chi connectivity index (χ2n) is 4.10. The van der Waals surface area contributed by atoms with Gasteiger partial charge in [-0.25, -0.2) is 0 Å². The van der Waals surface area contributed by atoms with Crippen LogP contribution in [-0.4, -0.2) is 9.55 Å². The van der Waals surface area contributed by atoms with Gasteiger partial charge in [0.1, 0.15) is 0 Å². The topological polar surface area (TPSA) is 17.8 Å². The van der Waals surface area contributed by atoms with Gasteiger partial charge in [-0.15, -0.1) is 0 Å². The number of benzene rings is 1. The first-order valence-electron chi connectivity index (χ1n) is 5.17. The molecule has 0 N–H and O–H groups in total. The van der Waals surface area contributed by atoms with Gasteiger partial charge in [0.15, 0.2) is 0 Å². The predicted octanol–water partition coefficient (Wildman–Crippen LogP) is 3.69. The molecule has 2 heterocycles. The third-order valence-corrected chi connectivity index (χ3v) is 3.20. The van der Waals surface area contributed by atoms with Gasteiger partial charge in [-0.2, -0.15) is 0 Å². The molecule has 0 atom stereocenters. The van der Waals surface area contributed by atoms with E-state index in [1.54, 1.807) is 0 Å². The molecule has 1 aromatic carbocycles. The van der Waals surface area contributed by atoms with Crippen molar-refractivity contribution in [1.82, 2.24) is 9.55 Å². The number of halogens is 1. The van der Waals surface area contributed by atoms with Crippen LogP contribution in [0.25, 0.3) is 21.8 Å². The maximum atomic E-state index is 6.04. The molecule has 0 amide bonds. The highest BCUT2D eigenvalue weighted by atomic mass is 35.5. The van der Waals surface area contributed by atoms with Gasteiger partial charge in [0.2, 0.25) is 0 Å². The van der Waals surface area contributed by atoms with E-state index in [-0.39, 0.29) is 0 Å². The molecule has 16 heavy (non-hydrogen) atoms. The molecule has 80 valence electrons. The van der Waals surface area contributed by atoms with Gasteiger partial charge in [0.25, 0.3) is 0 Å². The van der Waals surface area contributed by atoms with Crippen molar-refractivity contribution < 1.29 is 0 Å². The van der Waals surface area contributed by atoms with Crippen molar-refractivity contribution >= 4 is 33.4 Å². The maximum absolute atomic E-state index is 6.04. The Bertz CT molecular complexity index is 698. The van der Waals surface area contributed by atoms with Gasteiger partial charge < -0.3 is 4.57 Å². The van der Waals surface area contributed by atoms with Gasteiger partial charge in [-0.05, 0) is 30.7 Å². The Morgan fingerprint density at radius 3 is 2.88 bits per heavy atom. The molecule has 0 spiro atoms. The molecule has 3 rings (SSSR count). The average molecular weight is 231 g/mol. The van der Waals surface area contributed by atoms with Gasteiger partial charge in [0, 0.05) is 35.2 Å². The van der Waals surface area contributed by atoms with Crippen molar-refractivity contribution in [3.05, 3.63) is 41.2 Å². The summed E-state index contributed by atoms with van der Waals surface area (Å²) >= 11 is 6.04. The molecule has 3 aromatic rings. The van der Waals surface area contributed by atoms with Crippen LogP contribution >= 0.6 is 11.6 Å². The quantitative estimate of drug-likeness (QED) is 0.576. The molecule has 0 radical (unpaired) electrons. The number of fused-ring (bicyclic) bond motifs is 3. The Balaban J connectivity index is 2.61. The van der Waals surface area contributed by atoms with E-state index in [1.165, 1.54) is 16.5 Å². The number of aromatic nitrogens is 2. The molecule has 2 nitrogen and oxygen atoms in total. The van der Waals surface area contributed by atoms with E-state index in [0.717, 1.165) is 15.9 Å². The van der Waals surface area contributed by atoms with Crippen molar-refractivity contribution in [3.63, 3.8) is 0 Å². The summed E-state index contributed by atoms with van der Waals surface area (Å²) < 4.78 is 2.13. The monoisotopic (exact) mass is 230 g/mol. The van der Waals surface area contributed by atoms with Gasteiger partial charge in [-0.3, -0.25) is 4.98 Å². The maximum Gasteiger partial charge on any atom is 0.0724 e. The van der Waals surface area contributed by atoms with Gasteiger partial charge >= 0.3 is 0 Å². The zero-order chi connectivity index (χ0) is 11.3. The van der Waals surface area contributed by atoms with Crippen LogP contribution in [0.15, 0.2) is 30.6 Å². The minimum Gasteiger partial charge on any atom is -0.350 e. The van der Waals surface area contributed by atoms with Crippen LogP contribution in [-0.2, 0) is 7.05 Å². The third kappa shape index (κ3) is 1.23. The predicted molar refractivity (Wildman–Crippen MR) is 68.0 cm³/mol. The minimum absolute atomic E-state index is 0.751. The van der Waals surface area contributed by atoms with Crippen LogP contribution in [0.4, 0.5) is 0 Å². The molecular formula is C13H11ClN2. The van der Waals surface area contributed by atoms with E-state index in [4.69, 9.17) is 11.6 Å². The lowest BCUT2D eigenvalue weighted by atomic mass is 10.1. The second-order valence-corrected chi connectivity index (χ2v) is 4.54. The Labute approximate surface area is 98.5 Å². The number of hydrogen-bond donors (Lipinski definition) is 0. The summed E-state index contributed by atoms with van der Waals surface area (Å²) in [5, 5.41) is 3.05. The zero-order valence-corrected chi connectivity index (χ0v) is 9.92. The summed E-state index contributed by atoms with van der Waals surface area (Å²) in [7, 11) is 2.05. The lowest BCUT2D eigenvalue weighted by molar-refractivity contribution is 0.967. The van der Waals surface area contributed by atoms with Crippen molar-refractivity contribution in [2.75, 3.05) is 0 Å². The normalized spacial score (nSPS) is 11.4. The fourth-order valence-electron chi connectivity index (χ4n) is 2.24. The first kappa shape index (κ1) is 9.67. The summed E-state index contributed by atoms with van der Waals surface area (Å²) in [4.78, 5) is 4.45. The van der Waals surface area contributed by atoms with E-state index in [9.17, 15) is 0 Å². The second kappa shape index (κ2) is 3.22. The largest absolute Gasteiger partial charge is 0.350 e. The lowest BCUT2D eigenvalue weighted by Gasteiger charge is -2.02. The smallest absolute Gasteiger partial charge is 0.0724 e. The Hall–Kier alpha value is -1.54. The van der Waals surface area contributed by atoms with E-state index in [1.807, 2.05) is 24.4 Å².